The Kier molecular flexibility index (Phi) is 9.12. The van der Waals surface area contributed by atoms with Gasteiger partial charge in [-0.3, -0.25) is 0 Å². The monoisotopic (exact) mass is 916 g/mol. The predicted molar refractivity (Wildman–Crippen MR) is 290 cm³/mol. The topological polar surface area (TPSA) is 34.0 Å². The summed E-state index contributed by atoms with van der Waals surface area (Å²) in [5.41, 5.74) is 17.8. The molecule has 10 aromatic carbocycles. The van der Waals surface area contributed by atoms with Crippen LogP contribution < -0.4 is 4.90 Å². The molecular formula is C63H40N4S2. The highest BCUT2D eigenvalue weighted by atomic mass is 32.1. The molecule has 0 saturated carbocycles. The van der Waals surface area contributed by atoms with Gasteiger partial charge < -0.3 is 9.47 Å². The molecule has 3 heterocycles. The number of rotatable bonds is 8. The van der Waals surface area contributed by atoms with Crippen molar-refractivity contribution in [2.75, 3.05) is 4.90 Å². The molecule has 0 N–H and O–H groups in total. The summed E-state index contributed by atoms with van der Waals surface area (Å²) in [6.07, 6.45) is 0. The van der Waals surface area contributed by atoms with E-state index in [0.717, 1.165) is 60.4 Å². The summed E-state index contributed by atoms with van der Waals surface area (Å²) >= 11 is 3.48. The molecule has 1 aliphatic carbocycles. The molecule has 324 valence electrons. The van der Waals surface area contributed by atoms with E-state index in [2.05, 4.69) is 252 Å². The highest BCUT2D eigenvalue weighted by Gasteiger charge is 2.47. The Morgan fingerprint density at radius 1 is 0.377 bits per heavy atom. The van der Waals surface area contributed by atoms with Gasteiger partial charge in [0.15, 0.2) is 0 Å². The Morgan fingerprint density at radius 3 is 1.55 bits per heavy atom. The van der Waals surface area contributed by atoms with E-state index >= 15 is 0 Å². The Balaban J connectivity index is 0.960. The largest absolute Gasteiger partial charge is 0.310 e. The molecule has 0 atom stereocenters. The fourth-order valence-corrected chi connectivity index (χ4v) is 12.8. The van der Waals surface area contributed by atoms with Gasteiger partial charge in [0.05, 0.1) is 36.9 Å². The first-order valence-electron chi connectivity index (χ1n) is 23.3. The van der Waals surface area contributed by atoms with Crippen LogP contribution in [0.15, 0.2) is 243 Å². The molecule has 0 aliphatic heterocycles. The number of anilines is 3. The summed E-state index contributed by atoms with van der Waals surface area (Å²) in [6, 6.07) is 88.6. The first-order valence-corrected chi connectivity index (χ1v) is 24.9. The third-order valence-electron chi connectivity index (χ3n) is 13.9. The van der Waals surface area contributed by atoms with Crippen LogP contribution in [0.3, 0.4) is 0 Å². The second kappa shape index (κ2) is 15.8. The van der Waals surface area contributed by atoms with E-state index < -0.39 is 5.41 Å². The van der Waals surface area contributed by atoms with Crippen molar-refractivity contribution in [2.45, 2.75) is 5.41 Å². The van der Waals surface area contributed by atoms with Crippen LogP contribution in [0.4, 0.5) is 17.1 Å². The summed E-state index contributed by atoms with van der Waals surface area (Å²) in [6.45, 7) is 0. The second-order valence-corrected chi connectivity index (χ2v) is 19.8. The van der Waals surface area contributed by atoms with Gasteiger partial charge in [-0.1, -0.05) is 133 Å². The third kappa shape index (κ3) is 6.26. The minimum absolute atomic E-state index is 0.642. The first-order chi connectivity index (χ1) is 34.2. The molecule has 0 saturated heterocycles. The lowest BCUT2D eigenvalue weighted by Crippen LogP contribution is -2.29. The fraction of sp³-hybridized carbons (Fsp3) is 0.0159. The van der Waals surface area contributed by atoms with Crippen LogP contribution in [0.2, 0.25) is 0 Å². The van der Waals surface area contributed by atoms with Crippen molar-refractivity contribution in [1.29, 1.82) is 0 Å². The summed E-state index contributed by atoms with van der Waals surface area (Å²) in [4.78, 5) is 12.4. The molecule has 0 bridgehead atoms. The van der Waals surface area contributed by atoms with E-state index in [1.807, 2.05) is 0 Å². The van der Waals surface area contributed by atoms with Crippen LogP contribution in [0.5, 0.6) is 0 Å². The molecule has 6 heteroatoms. The maximum atomic E-state index is 5.05. The number of thiazole rings is 2. The van der Waals surface area contributed by atoms with Gasteiger partial charge >= 0.3 is 0 Å². The van der Waals surface area contributed by atoms with E-state index in [4.69, 9.17) is 9.97 Å². The Morgan fingerprint density at radius 2 is 0.884 bits per heavy atom. The van der Waals surface area contributed by atoms with Crippen molar-refractivity contribution >= 4 is 82.0 Å². The van der Waals surface area contributed by atoms with Crippen LogP contribution in [-0.2, 0) is 5.41 Å². The predicted octanol–water partition coefficient (Wildman–Crippen LogP) is 17.2. The van der Waals surface area contributed by atoms with Crippen molar-refractivity contribution in [3.63, 3.8) is 0 Å². The highest BCUT2D eigenvalue weighted by Crippen LogP contribution is 2.58. The zero-order valence-electron chi connectivity index (χ0n) is 37.2. The lowest BCUT2D eigenvalue weighted by Gasteiger charge is -2.35. The highest BCUT2D eigenvalue weighted by molar-refractivity contribution is 7.22. The lowest BCUT2D eigenvalue weighted by atomic mass is 9.67. The van der Waals surface area contributed by atoms with Gasteiger partial charge in [0, 0.05) is 44.6 Å². The molecule has 0 unspecified atom stereocenters. The van der Waals surface area contributed by atoms with Gasteiger partial charge in [-0.15, -0.1) is 22.7 Å². The maximum Gasteiger partial charge on any atom is 0.124 e. The Labute approximate surface area is 407 Å². The molecule has 0 fully saturated rings. The number of hydrogen-bond acceptors (Lipinski definition) is 5. The second-order valence-electron chi connectivity index (χ2n) is 17.7. The van der Waals surface area contributed by atoms with Gasteiger partial charge in [-0.2, -0.15) is 0 Å². The summed E-state index contributed by atoms with van der Waals surface area (Å²) in [5, 5.41) is 4.49. The van der Waals surface area contributed by atoms with E-state index in [1.54, 1.807) is 22.7 Å². The van der Waals surface area contributed by atoms with Crippen LogP contribution in [-0.4, -0.2) is 14.5 Å². The van der Waals surface area contributed by atoms with Crippen molar-refractivity contribution in [3.8, 4) is 38.0 Å². The maximum absolute atomic E-state index is 5.05. The van der Waals surface area contributed by atoms with E-state index in [0.29, 0.717) is 0 Å². The smallest absolute Gasteiger partial charge is 0.124 e. The Hall–Kier alpha value is -8.42. The SMILES string of the molecule is c1ccc(N(c2ccc(-c3nc4ccccc4s3)cc2)c2ccc3c(c2)C(c2ccccc2)(c2ccccc2)c2cc(-n4c5ccccc5c5cc(-c6nc7ccccc7s6)ccc54)ccc2-3)cc1. The van der Waals surface area contributed by atoms with Gasteiger partial charge in [-0.25, -0.2) is 9.97 Å². The normalized spacial score (nSPS) is 12.8. The van der Waals surface area contributed by atoms with Crippen molar-refractivity contribution in [3.05, 3.63) is 265 Å². The van der Waals surface area contributed by atoms with Crippen LogP contribution in [0.25, 0.3) is 80.2 Å². The van der Waals surface area contributed by atoms with Crippen molar-refractivity contribution in [2.24, 2.45) is 0 Å². The number of benzene rings is 10. The zero-order chi connectivity index (χ0) is 45.5. The molecule has 3 aromatic heterocycles. The number of para-hydroxylation sites is 4. The average molecular weight is 917 g/mol. The average Bonchev–Trinajstić information content (AvgIpc) is 4.20. The van der Waals surface area contributed by atoms with Crippen molar-refractivity contribution in [1.82, 2.24) is 14.5 Å². The minimum atomic E-state index is -0.642. The van der Waals surface area contributed by atoms with Gasteiger partial charge in [0.25, 0.3) is 0 Å². The molecule has 0 radical (unpaired) electrons. The lowest BCUT2D eigenvalue weighted by molar-refractivity contribution is 0.767. The molecular weight excluding hydrogens is 877 g/mol. The van der Waals surface area contributed by atoms with Gasteiger partial charge in [-0.05, 0) is 143 Å². The third-order valence-corrected chi connectivity index (χ3v) is 16.1. The molecule has 14 rings (SSSR count). The molecule has 4 nitrogen and oxygen atoms in total. The summed E-state index contributed by atoms with van der Waals surface area (Å²) in [7, 11) is 0. The standard InChI is InChI=1S/C63H40N4S2/c1-4-16-43(17-5-1)63(44-18-6-2-7-19-44)53-39-47(66(45-20-8-3-9-21-45)46-31-28-41(29-32-46)61-64-55-23-11-14-26-59(55)68-61)33-35-49(53)50-36-34-48(40-54(50)63)67-57-25-13-10-22-51(57)52-38-42(30-37-58(52)67)62-65-56-24-12-15-27-60(56)69-62/h1-40H. The number of hydrogen-bond donors (Lipinski definition) is 0. The molecule has 0 amide bonds. The van der Waals surface area contributed by atoms with Crippen LogP contribution in [0, 0.1) is 0 Å². The van der Waals surface area contributed by atoms with Crippen LogP contribution in [0.1, 0.15) is 22.3 Å². The summed E-state index contributed by atoms with van der Waals surface area (Å²) in [5.74, 6) is 0. The number of aromatic nitrogens is 3. The molecule has 69 heavy (non-hydrogen) atoms. The molecule has 0 spiro atoms. The van der Waals surface area contributed by atoms with E-state index in [1.165, 1.54) is 59.1 Å². The number of nitrogens with zero attached hydrogens (tertiary/aromatic N) is 4. The molecule has 1 aliphatic rings. The van der Waals surface area contributed by atoms with Gasteiger partial charge in [0.1, 0.15) is 10.0 Å². The zero-order valence-corrected chi connectivity index (χ0v) is 38.8. The molecule has 13 aromatic rings. The van der Waals surface area contributed by atoms with E-state index in [-0.39, 0.29) is 0 Å². The van der Waals surface area contributed by atoms with Crippen molar-refractivity contribution < 1.29 is 0 Å². The Bertz CT molecular complexity index is 3970. The van der Waals surface area contributed by atoms with E-state index in [9.17, 15) is 0 Å². The summed E-state index contributed by atoms with van der Waals surface area (Å²) < 4.78 is 4.85. The van der Waals surface area contributed by atoms with Gasteiger partial charge in [0.2, 0.25) is 0 Å². The quantitative estimate of drug-likeness (QED) is 0.152. The fourth-order valence-electron chi connectivity index (χ4n) is 10.9. The minimum Gasteiger partial charge on any atom is -0.310 e. The van der Waals surface area contributed by atoms with Crippen LogP contribution >= 0.6 is 22.7 Å². The first kappa shape index (κ1) is 39.7. The number of fused-ring (bicyclic) bond motifs is 8.